The summed E-state index contributed by atoms with van der Waals surface area (Å²) < 4.78 is 11.5. The molecule has 1 saturated heterocycles. The van der Waals surface area contributed by atoms with Gasteiger partial charge in [0.2, 0.25) is 6.79 Å². The number of nitrogens with zero attached hydrogens (tertiary/aromatic N) is 2. The number of ether oxygens (including phenoxy) is 2. The number of rotatable bonds is 2. The summed E-state index contributed by atoms with van der Waals surface area (Å²) in [4.78, 5) is 25.6. The number of hydrazine groups is 1. The van der Waals surface area contributed by atoms with E-state index in [1.54, 1.807) is 30.3 Å². The van der Waals surface area contributed by atoms with Crippen molar-refractivity contribution in [2.45, 2.75) is 6.42 Å². The fraction of sp³-hybridized carbons (Fsp3) is 0.222. The minimum Gasteiger partial charge on any atom is -0.454 e. The van der Waals surface area contributed by atoms with Gasteiger partial charge in [-0.05, 0) is 48.9 Å². The molecule has 0 atom stereocenters. The number of hydrogen-bond acceptors (Lipinski definition) is 4. The molecule has 6 nitrogen and oxygen atoms in total. The number of fused-ring (bicyclic) bond motifs is 1. The molecule has 7 heteroatoms. The van der Waals surface area contributed by atoms with E-state index in [9.17, 15) is 9.59 Å². The van der Waals surface area contributed by atoms with E-state index in [4.69, 9.17) is 9.47 Å². The van der Waals surface area contributed by atoms with E-state index in [-0.39, 0.29) is 18.6 Å². The molecule has 0 aromatic heterocycles. The summed E-state index contributed by atoms with van der Waals surface area (Å²) in [5, 5.41) is 3.01. The van der Waals surface area contributed by atoms with Crippen LogP contribution < -0.4 is 9.47 Å². The van der Waals surface area contributed by atoms with E-state index < -0.39 is 0 Å². The normalized spacial score (nSPS) is 15.6. The molecule has 0 aliphatic carbocycles. The van der Waals surface area contributed by atoms with E-state index in [2.05, 4.69) is 15.9 Å². The highest BCUT2D eigenvalue weighted by atomic mass is 79.9. The Morgan fingerprint density at radius 2 is 1.44 bits per heavy atom. The first kappa shape index (κ1) is 16.0. The lowest BCUT2D eigenvalue weighted by molar-refractivity contribution is 0.0186. The van der Waals surface area contributed by atoms with Crippen molar-refractivity contribution in [1.29, 1.82) is 0 Å². The molecule has 0 radical (unpaired) electrons. The fourth-order valence-electron chi connectivity index (χ4n) is 2.95. The molecule has 0 N–H and O–H groups in total. The summed E-state index contributed by atoms with van der Waals surface area (Å²) in [6, 6.07) is 12.2. The van der Waals surface area contributed by atoms with E-state index in [0.717, 1.165) is 10.9 Å². The van der Waals surface area contributed by atoms with E-state index in [0.29, 0.717) is 35.7 Å². The smallest absolute Gasteiger partial charge is 0.272 e. The van der Waals surface area contributed by atoms with Crippen molar-refractivity contribution >= 4 is 27.7 Å². The van der Waals surface area contributed by atoms with Crippen LogP contribution in [0.1, 0.15) is 27.1 Å². The molecule has 2 aromatic carbocycles. The summed E-state index contributed by atoms with van der Waals surface area (Å²) in [6.07, 6.45) is 0.749. The van der Waals surface area contributed by atoms with Crippen molar-refractivity contribution in [3.05, 3.63) is 58.1 Å². The molecule has 128 valence electrons. The Morgan fingerprint density at radius 3 is 2.16 bits per heavy atom. The van der Waals surface area contributed by atoms with Crippen LogP contribution >= 0.6 is 15.9 Å². The minimum absolute atomic E-state index is 0.158. The standard InChI is InChI=1S/C18H15BrN2O4/c19-14-5-2-12(3-6-14)17(22)20-8-1-9-21(20)18(23)13-4-7-15-16(10-13)25-11-24-15/h2-7,10H,1,8-9,11H2. The molecule has 0 bridgehead atoms. The number of carbonyl (C=O) groups is 2. The zero-order valence-corrected chi connectivity index (χ0v) is 14.9. The SMILES string of the molecule is O=C(c1ccc(Br)cc1)N1CCCN1C(=O)c1ccc2c(c1)OCO2. The molecule has 4 rings (SSSR count). The second kappa shape index (κ2) is 6.40. The third-order valence-electron chi connectivity index (χ3n) is 4.21. The van der Waals surface area contributed by atoms with Gasteiger partial charge >= 0.3 is 0 Å². The highest BCUT2D eigenvalue weighted by Crippen LogP contribution is 2.33. The number of amides is 2. The number of halogens is 1. The molecule has 2 aromatic rings. The van der Waals surface area contributed by atoms with Crippen LogP contribution in [0.2, 0.25) is 0 Å². The van der Waals surface area contributed by atoms with Crippen molar-refractivity contribution in [2.24, 2.45) is 0 Å². The van der Waals surface area contributed by atoms with Crippen LogP contribution in [0.25, 0.3) is 0 Å². The van der Waals surface area contributed by atoms with Gasteiger partial charge in [0.25, 0.3) is 11.8 Å². The van der Waals surface area contributed by atoms with E-state index in [1.807, 2.05) is 12.1 Å². The highest BCUT2D eigenvalue weighted by molar-refractivity contribution is 9.10. The molecule has 2 amide bonds. The Hall–Kier alpha value is -2.54. The van der Waals surface area contributed by atoms with E-state index in [1.165, 1.54) is 10.0 Å². The molecule has 0 saturated carbocycles. The lowest BCUT2D eigenvalue weighted by Crippen LogP contribution is -2.44. The second-order valence-corrected chi connectivity index (χ2v) is 6.70. The quantitative estimate of drug-likeness (QED) is 0.774. The molecule has 2 heterocycles. The Labute approximate surface area is 153 Å². The predicted octanol–water partition coefficient (Wildman–Crippen LogP) is 3.08. The zero-order valence-electron chi connectivity index (χ0n) is 13.3. The van der Waals surface area contributed by atoms with Crippen molar-refractivity contribution in [3.8, 4) is 11.5 Å². The molecule has 0 unspecified atom stereocenters. The Morgan fingerprint density at radius 1 is 0.840 bits per heavy atom. The molecule has 0 spiro atoms. The highest BCUT2D eigenvalue weighted by Gasteiger charge is 2.32. The first-order valence-corrected chi connectivity index (χ1v) is 8.71. The fourth-order valence-corrected chi connectivity index (χ4v) is 3.22. The topological polar surface area (TPSA) is 59.1 Å². The number of hydrogen-bond donors (Lipinski definition) is 0. The zero-order chi connectivity index (χ0) is 17.4. The molecular formula is C18H15BrN2O4. The molecular weight excluding hydrogens is 388 g/mol. The summed E-state index contributed by atoms with van der Waals surface area (Å²) in [5.41, 5.74) is 1.02. The first-order valence-electron chi connectivity index (χ1n) is 7.92. The van der Waals surface area contributed by atoms with Crippen LogP contribution in [-0.2, 0) is 0 Å². The van der Waals surface area contributed by atoms with Gasteiger partial charge < -0.3 is 9.47 Å². The molecule has 1 fully saturated rings. The van der Waals surface area contributed by atoms with Gasteiger partial charge in [-0.1, -0.05) is 15.9 Å². The van der Waals surface area contributed by atoms with Crippen molar-refractivity contribution in [1.82, 2.24) is 10.0 Å². The van der Waals surface area contributed by atoms with Crippen molar-refractivity contribution in [2.75, 3.05) is 19.9 Å². The van der Waals surface area contributed by atoms with Crippen LogP contribution in [0.5, 0.6) is 11.5 Å². The van der Waals surface area contributed by atoms with Gasteiger partial charge in [0.05, 0.1) is 0 Å². The van der Waals surface area contributed by atoms with Gasteiger partial charge in [0.15, 0.2) is 11.5 Å². The largest absolute Gasteiger partial charge is 0.454 e. The third-order valence-corrected chi connectivity index (χ3v) is 4.74. The van der Waals surface area contributed by atoms with Crippen molar-refractivity contribution < 1.29 is 19.1 Å². The van der Waals surface area contributed by atoms with Crippen LogP contribution in [-0.4, -0.2) is 41.7 Å². The monoisotopic (exact) mass is 402 g/mol. The van der Waals surface area contributed by atoms with Gasteiger partial charge in [-0.15, -0.1) is 0 Å². The van der Waals surface area contributed by atoms with E-state index >= 15 is 0 Å². The summed E-state index contributed by atoms with van der Waals surface area (Å²) in [7, 11) is 0. The lowest BCUT2D eigenvalue weighted by Gasteiger charge is -2.28. The van der Waals surface area contributed by atoms with Crippen LogP contribution in [0.15, 0.2) is 46.9 Å². The molecule has 2 aliphatic rings. The van der Waals surface area contributed by atoms with Gasteiger partial charge in [-0.3, -0.25) is 9.59 Å². The van der Waals surface area contributed by atoms with Gasteiger partial charge in [-0.2, -0.15) is 0 Å². The second-order valence-electron chi connectivity index (χ2n) is 5.79. The van der Waals surface area contributed by atoms with Gasteiger partial charge in [0, 0.05) is 28.7 Å². The average molecular weight is 403 g/mol. The van der Waals surface area contributed by atoms with Crippen molar-refractivity contribution in [3.63, 3.8) is 0 Å². The van der Waals surface area contributed by atoms with Crippen LogP contribution in [0, 0.1) is 0 Å². The van der Waals surface area contributed by atoms with Crippen LogP contribution in [0.4, 0.5) is 0 Å². The Kier molecular flexibility index (Phi) is 4.09. The predicted molar refractivity (Wildman–Crippen MR) is 93.4 cm³/mol. The lowest BCUT2D eigenvalue weighted by atomic mass is 10.2. The summed E-state index contributed by atoms with van der Waals surface area (Å²) >= 11 is 3.36. The minimum atomic E-state index is -0.221. The first-order chi connectivity index (χ1) is 12.1. The maximum absolute atomic E-state index is 12.9. The van der Waals surface area contributed by atoms with Gasteiger partial charge in [0.1, 0.15) is 0 Å². The number of carbonyl (C=O) groups excluding carboxylic acids is 2. The summed E-state index contributed by atoms with van der Waals surface area (Å²) in [6.45, 7) is 1.19. The maximum Gasteiger partial charge on any atom is 0.272 e. The average Bonchev–Trinajstić information content (AvgIpc) is 3.29. The maximum atomic E-state index is 12.9. The summed E-state index contributed by atoms with van der Waals surface area (Å²) in [5.74, 6) is 0.775. The van der Waals surface area contributed by atoms with Crippen LogP contribution in [0.3, 0.4) is 0 Å². The molecule has 25 heavy (non-hydrogen) atoms. The number of benzene rings is 2. The Bertz CT molecular complexity index is 837. The molecule has 2 aliphatic heterocycles. The Balaban J connectivity index is 1.57. The van der Waals surface area contributed by atoms with Gasteiger partial charge in [-0.25, -0.2) is 10.0 Å². The third kappa shape index (κ3) is 2.95.